The number of nitrogens with one attached hydrogen (secondary N) is 1. The number of para-hydroxylation sites is 1. The summed E-state index contributed by atoms with van der Waals surface area (Å²) in [5.74, 6) is 0.761. The van der Waals surface area contributed by atoms with Crippen LogP contribution in [0.15, 0.2) is 24.3 Å². The number of rotatable bonds is 3. The Morgan fingerprint density at radius 2 is 2.07 bits per heavy atom. The van der Waals surface area contributed by atoms with Gasteiger partial charge in [-0.25, -0.2) is 0 Å². The molecule has 1 amide bonds. The Labute approximate surface area is 84.1 Å². The third-order valence-corrected chi connectivity index (χ3v) is 2.03. The van der Waals surface area contributed by atoms with Gasteiger partial charge >= 0.3 is 0 Å². The second-order valence-corrected chi connectivity index (χ2v) is 3.16. The van der Waals surface area contributed by atoms with Crippen LogP contribution in [0.5, 0.6) is 5.75 Å². The molecule has 0 heterocycles. The predicted molar refractivity (Wildman–Crippen MR) is 55.2 cm³/mol. The Morgan fingerprint density at radius 1 is 1.43 bits per heavy atom. The molecule has 0 saturated heterocycles. The number of carbonyl (C=O) groups is 1. The van der Waals surface area contributed by atoms with E-state index in [0.29, 0.717) is 0 Å². The lowest BCUT2D eigenvalue weighted by Crippen LogP contribution is -2.23. The van der Waals surface area contributed by atoms with Crippen LogP contribution < -0.4 is 10.1 Å². The van der Waals surface area contributed by atoms with Crippen molar-refractivity contribution in [2.75, 3.05) is 7.11 Å². The highest BCUT2D eigenvalue weighted by atomic mass is 16.5. The van der Waals surface area contributed by atoms with Gasteiger partial charge in [-0.2, -0.15) is 0 Å². The zero-order valence-corrected chi connectivity index (χ0v) is 8.70. The van der Waals surface area contributed by atoms with Gasteiger partial charge < -0.3 is 10.1 Å². The fourth-order valence-electron chi connectivity index (χ4n) is 1.41. The second-order valence-electron chi connectivity index (χ2n) is 3.16. The van der Waals surface area contributed by atoms with Gasteiger partial charge in [0.25, 0.3) is 0 Å². The van der Waals surface area contributed by atoms with Crippen LogP contribution in [0, 0.1) is 0 Å². The molecule has 0 saturated carbocycles. The summed E-state index contributed by atoms with van der Waals surface area (Å²) in [5.41, 5.74) is 0.991. The number of hydrogen-bond donors (Lipinski definition) is 1. The van der Waals surface area contributed by atoms with E-state index < -0.39 is 0 Å². The molecule has 0 bridgehead atoms. The average Bonchev–Trinajstić information content (AvgIpc) is 2.16. The number of amides is 1. The summed E-state index contributed by atoms with van der Waals surface area (Å²) >= 11 is 0. The fraction of sp³-hybridized carbons (Fsp3) is 0.364. The predicted octanol–water partition coefficient (Wildman–Crippen LogP) is 1.89. The monoisotopic (exact) mass is 193 g/mol. The van der Waals surface area contributed by atoms with Crippen molar-refractivity contribution >= 4 is 5.91 Å². The third kappa shape index (κ3) is 2.49. The second kappa shape index (κ2) is 4.65. The van der Waals surface area contributed by atoms with Crippen LogP contribution in [-0.4, -0.2) is 13.0 Å². The molecule has 0 spiro atoms. The minimum absolute atomic E-state index is 0.0244. The van der Waals surface area contributed by atoms with E-state index in [1.807, 2.05) is 31.2 Å². The minimum Gasteiger partial charge on any atom is -0.496 e. The molecule has 1 unspecified atom stereocenters. The first-order chi connectivity index (χ1) is 6.65. The number of ether oxygens (including phenoxy) is 1. The standard InChI is InChI=1S/C11H15NO2/c1-8(12-9(2)13)10-6-4-5-7-11(10)14-3/h4-8H,1-3H3,(H,12,13). The number of benzene rings is 1. The molecule has 76 valence electrons. The van der Waals surface area contributed by atoms with Crippen molar-refractivity contribution < 1.29 is 9.53 Å². The fourth-order valence-corrected chi connectivity index (χ4v) is 1.41. The molecule has 1 aromatic carbocycles. The van der Waals surface area contributed by atoms with Crippen molar-refractivity contribution in [2.24, 2.45) is 0 Å². The van der Waals surface area contributed by atoms with Gasteiger partial charge in [-0.05, 0) is 13.0 Å². The average molecular weight is 193 g/mol. The molecule has 14 heavy (non-hydrogen) atoms. The van der Waals surface area contributed by atoms with Gasteiger partial charge in [0.1, 0.15) is 5.75 Å². The molecular weight excluding hydrogens is 178 g/mol. The molecule has 0 fully saturated rings. The first-order valence-electron chi connectivity index (χ1n) is 4.55. The van der Waals surface area contributed by atoms with Crippen LogP contribution in [0.2, 0.25) is 0 Å². The lowest BCUT2D eigenvalue weighted by Gasteiger charge is -2.15. The summed E-state index contributed by atoms with van der Waals surface area (Å²) in [6.45, 7) is 3.44. The zero-order chi connectivity index (χ0) is 10.6. The van der Waals surface area contributed by atoms with Gasteiger partial charge in [0.2, 0.25) is 5.91 Å². The topological polar surface area (TPSA) is 38.3 Å². The smallest absolute Gasteiger partial charge is 0.217 e. The lowest BCUT2D eigenvalue weighted by molar-refractivity contribution is -0.119. The molecule has 1 N–H and O–H groups in total. The highest BCUT2D eigenvalue weighted by molar-refractivity contribution is 5.73. The van der Waals surface area contributed by atoms with E-state index in [9.17, 15) is 4.79 Å². The van der Waals surface area contributed by atoms with Gasteiger partial charge in [-0.1, -0.05) is 18.2 Å². The molecule has 3 heteroatoms. The largest absolute Gasteiger partial charge is 0.496 e. The van der Waals surface area contributed by atoms with Crippen LogP contribution in [0.25, 0.3) is 0 Å². The summed E-state index contributed by atoms with van der Waals surface area (Å²) in [5, 5.41) is 2.81. The maximum Gasteiger partial charge on any atom is 0.217 e. The normalized spacial score (nSPS) is 11.9. The van der Waals surface area contributed by atoms with Crippen LogP contribution >= 0.6 is 0 Å². The summed E-state index contributed by atoms with van der Waals surface area (Å²) in [6, 6.07) is 7.63. The van der Waals surface area contributed by atoms with Gasteiger partial charge in [0.15, 0.2) is 0 Å². The lowest BCUT2D eigenvalue weighted by atomic mass is 10.1. The maximum atomic E-state index is 10.9. The van der Waals surface area contributed by atoms with E-state index in [0.717, 1.165) is 11.3 Å². The molecule has 3 nitrogen and oxygen atoms in total. The summed E-state index contributed by atoms with van der Waals surface area (Å²) in [7, 11) is 1.62. The molecular formula is C11H15NO2. The minimum atomic E-state index is -0.0385. The van der Waals surface area contributed by atoms with Gasteiger partial charge in [-0.3, -0.25) is 4.79 Å². The van der Waals surface area contributed by atoms with Crippen molar-refractivity contribution in [3.8, 4) is 5.75 Å². The molecule has 0 aliphatic rings. The highest BCUT2D eigenvalue weighted by Gasteiger charge is 2.10. The number of hydrogen-bond acceptors (Lipinski definition) is 2. The Hall–Kier alpha value is -1.51. The van der Waals surface area contributed by atoms with E-state index in [2.05, 4.69) is 5.32 Å². The van der Waals surface area contributed by atoms with Crippen molar-refractivity contribution in [3.63, 3.8) is 0 Å². The third-order valence-electron chi connectivity index (χ3n) is 2.03. The SMILES string of the molecule is COc1ccccc1C(C)NC(C)=O. The molecule has 0 radical (unpaired) electrons. The Bertz CT molecular complexity index is 323. The van der Waals surface area contributed by atoms with E-state index in [1.165, 1.54) is 6.92 Å². The summed E-state index contributed by atoms with van der Waals surface area (Å²) in [4.78, 5) is 10.9. The maximum absolute atomic E-state index is 10.9. The van der Waals surface area contributed by atoms with Gasteiger partial charge in [0.05, 0.1) is 13.2 Å². The van der Waals surface area contributed by atoms with Crippen LogP contribution in [0.3, 0.4) is 0 Å². The zero-order valence-electron chi connectivity index (χ0n) is 8.70. The molecule has 0 aliphatic carbocycles. The quantitative estimate of drug-likeness (QED) is 0.796. The van der Waals surface area contributed by atoms with E-state index >= 15 is 0 Å². The first kappa shape index (κ1) is 10.6. The molecule has 0 aromatic heterocycles. The number of carbonyl (C=O) groups excluding carboxylic acids is 1. The van der Waals surface area contributed by atoms with E-state index in [1.54, 1.807) is 7.11 Å². The van der Waals surface area contributed by atoms with Crippen LogP contribution in [0.4, 0.5) is 0 Å². The highest BCUT2D eigenvalue weighted by Crippen LogP contribution is 2.23. The van der Waals surface area contributed by atoms with Crippen molar-refractivity contribution in [3.05, 3.63) is 29.8 Å². The number of methoxy groups -OCH3 is 1. The van der Waals surface area contributed by atoms with Crippen LogP contribution in [0.1, 0.15) is 25.5 Å². The van der Waals surface area contributed by atoms with Crippen molar-refractivity contribution in [1.29, 1.82) is 0 Å². The van der Waals surface area contributed by atoms with E-state index in [4.69, 9.17) is 4.74 Å². The van der Waals surface area contributed by atoms with Gasteiger partial charge in [-0.15, -0.1) is 0 Å². The molecule has 1 aromatic rings. The Balaban J connectivity index is 2.87. The van der Waals surface area contributed by atoms with Crippen molar-refractivity contribution in [1.82, 2.24) is 5.32 Å². The first-order valence-corrected chi connectivity index (χ1v) is 4.55. The molecule has 1 atom stereocenters. The van der Waals surface area contributed by atoms with Crippen molar-refractivity contribution in [2.45, 2.75) is 19.9 Å². The molecule has 1 rings (SSSR count). The van der Waals surface area contributed by atoms with Crippen LogP contribution in [-0.2, 0) is 4.79 Å². The Morgan fingerprint density at radius 3 is 2.64 bits per heavy atom. The Kier molecular flexibility index (Phi) is 3.51. The van der Waals surface area contributed by atoms with E-state index in [-0.39, 0.29) is 11.9 Å². The summed E-state index contributed by atoms with van der Waals surface area (Å²) in [6.07, 6.45) is 0. The molecule has 0 aliphatic heterocycles. The van der Waals surface area contributed by atoms with Gasteiger partial charge in [0, 0.05) is 12.5 Å². The summed E-state index contributed by atoms with van der Waals surface area (Å²) < 4.78 is 5.20.